The van der Waals surface area contributed by atoms with E-state index in [1.54, 1.807) is 13.3 Å². The highest BCUT2D eigenvalue weighted by molar-refractivity contribution is 5.32. The van der Waals surface area contributed by atoms with Crippen molar-refractivity contribution >= 4 is 0 Å². The predicted molar refractivity (Wildman–Crippen MR) is 84.2 cm³/mol. The van der Waals surface area contributed by atoms with Crippen molar-refractivity contribution in [3.8, 4) is 5.75 Å². The van der Waals surface area contributed by atoms with Gasteiger partial charge in [0.1, 0.15) is 5.75 Å². The highest BCUT2D eigenvalue weighted by atomic mass is 16.5. The summed E-state index contributed by atoms with van der Waals surface area (Å²) in [5.74, 6) is 0.863. The summed E-state index contributed by atoms with van der Waals surface area (Å²) in [6.45, 7) is 14.0. The lowest BCUT2D eigenvalue weighted by Crippen LogP contribution is -2.42. The number of hydrogen-bond donors (Lipinski definition) is 1. The quantitative estimate of drug-likeness (QED) is 0.833. The van der Waals surface area contributed by atoms with E-state index in [0.29, 0.717) is 6.04 Å². The van der Waals surface area contributed by atoms with Crippen LogP contribution in [-0.4, -0.2) is 42.2 Å². The molecule has 0 saturated heterocycles. The molecule has 4 nitrogen and oxygen atoms in total. The van der Waals surface area contributed by atoms with Gasteiger partial charge in [-0.05, 0) is 40.3 Å². The maximum Gasteiger partial charge on any atom is 0.141 e. The number of ether oxygens (including phenoxy) is 1. The SMILES string of the molecule is CCN(CCNC(C)(C)C)C(C)c1ccncc1OC. The fourth-order valence-corrected chi connectivity index (χ4v) is 2.30. The Morgan fingerprint density at radius 1 is 1.40 bits per heavy atom. The highest BCUT2D eigenvalue weighted by Gasteiger charge is 2.18. The van der Waals surface area contributed by atoms with Crippen LogP contribution in [0.2, 0.25) is 0 Å². The number of pyridine rings is 1. The third-order valence-corrected chi connectivity index (χ3v) is 3.49. The molecule has 0 aromatic carbocycles. The second-order valence-electron chi connectivity index (χ2n) is 6.10. The Balaban J connectivity index is 2.69. The molecular weight excluding hydrogens is 250 g/mol. The van der Waals surface area contributed by atoms with Gasteiger partial charge in [0.05, 0.1) is 13.3 Å². The van der Waals surface area contributed by atoms with E-state index in [1.807, 2.05) is 12.3 Å². The standard InChI is InChI=1S/C16H29N3O/c1-7-19(11-10-18-16(3,4)5)13(2)14-8-9-17-12-15(14)20-6/h8-9,12-13,18H,7,10-11H2,1-6H3. The average Bonchev–Trinajstić information content (AvgIpc) is 2.41. The summed E-state index contributed by atoms with van der Waals surface area (Å²) >= 11 is 0. The Morgan fingerprint density at radius 3 is 2.65 bits per heavy atom. The minimum atomic E-state index is 0.164. The smallest absolute Gasteiger partial charge is 0.141 e. The number of likely N-dealkylation sites (N-methyl/N-ethyl adjacent to an activating group) is 1. The van der Waals surface area contributed by atoms with Gasteiger partial charge >= 0.3 is 0 Å². The zero-order chi connectivity index (χ0) is 15.2. The summed E-state index contributed by atoms with van der Waals surface area (Å²) in [6.07, 6.45) is 3.61. The molecule has 0 spiro atoms. The molecule has 1 atom stereocenters. The van der Waals surface area contributed by atoms with Crippen LogP contribution in [0.1, 0.15) is 46.2 Å². The van der Waals surface area contributed by atoms with E-state index in [2.05, 4.69) is 49.8 Å². The Kier molecular flexibility index (Phi) is 6.43. The first-order chi connectivity index (χ1) is 9.39. The second kappa shape index (κ2) is 7.60. The zero-order valence-electron chi connectivity index (χ0n) is 13.7. The lowest BCUT2D eigenvalue weighted by molar-refractivity contribution is 0.211. The number of rotatable bonds is 7. The van der Waals surface area contributed by atoms with E-state index in [9.17, 15) is 0 Å². The van der Waals surface area contributed by atoms with E-state index in [1.165, 1.54) is 5.56 Å². The summed E-state index contributed by atoms with van der Waals surface area (Å²) in [5.41, 5.74) is 1.36. The fourth-order valence-electron chi connectivity index (χ4n) is 2.30. The first-order valence-corrected chi connectivity index (χ1v) is 7.36. The summed E-state index contributed by atoms with van der Waals surface area (Å²) < 4.78 is 5.42. The summed E-state index contributed by atoms with van der Waals surface area (Å²) in [6, 6.07) is 2.36. The molecule has 1 aromatic heterocycles. The number of methoxy groups -OCH3 is 1. The second-order valence-corrected chi connectivity index (χ2v) is 6.10. The number of nitrogens with zero attached hydrogens (tertiary/aromatic N) is 2. The van der Waals surface area contributed by atoms with Gasteiger partial charge in [-0.15, -0.1) is 0 Å². The predicted octanol–water partition coefficient (Wildman–Crippen LogP) is 2.86. The van der Waals surface area contributed by atoms with Crippen molar-refractivity contribution in [1.82, 2.24) is 15.2 Å². The summed E-state index contributed by atoms with van der Waals surface area (Å²) in [4.78, 5) is 6.56. The van der Waals surface area contributed by atoms with Crippen molar-refractivity contribution < 1.29 is 4.74 Å². The van der Waals surface area contributed by atoms with Crippen LogP contribution in [0.4, 0.5) is 0 Å². The van der Waals surface area contributed by atoms with Crippen molar-refractivity contribution in [1.29, 1.82) is 0 Å². The van der Waals surface area contributed by atoms with E-state index in [0.717, 1.165) is 25.4 Å². The van der Waals surface area contributed by atoms with Gasteiger partial charge in [0, 0.05) is 36.4 Å². The van der Waals surface area contributed by atoms with Gasteiger partial charge in [0.2, 0.25) is 0 Å². The summed E-state index contributed by atoms with van der Waals surface area (Å²) in [5, 5.41) is 3.54. The van der Waals surface area contributed by atoms with Crippen LogP contribution in [0.3, 0.4) is 0 Å². The average molecular weight is 279 g/mol. The first-order valence-electron chi connectivity index (χ1n) is 7.36. The van der Waals surface area contributed by atoms with Crippen molar-refractivity contribution in [2.24, 2.45) is 0 Å². The molecule has 0 fully saturated rings. The minimum absolute atomic E-state index is 0.164. The molecule has 1 unspecified atom stereocenters. The molecule has 1 heterocycles. The van der Waals surface area contributed by atoms with E-state index in [4.69, 9.17) is 4.74 Å². The highest BCUT2D eigenvalue weighted by Crippen LogP contribution is 2.27. The van der Waals surface area contributed by atoms with Crippen LogP contribution >= 0.6 is 0 Å². The molecule has 0 radical (unpaired) electrons. The molecular formula is C16H29N3O. The van der Waals surface area contributed by atoms with Crippen LogP contribution in [-0.2, 0) is 0 Å². The maximum atomic E-state index is 5.42. The largest absolute Gasteiger partial charge is 0.495 e. The third-order valence-electron chi connectivity index (χ3n) is 3.49. The van der Waals surface area contributed by atoms with Gasteiger partial charge in [0.25, 0.3) is 0 Å². The molecule has 20 heavy (non-hydrogen) atoms. The molecule has 4 heteroatoms. The number of hydrogen-bond acceptors (Lipinski definition) is 4. The van der Waals surface area contributed by atoms with Crippen molar-refractivity contribution in [2.45, 2.75) is 46.2 Å². The minimum Gasteiger partial charge on any atom is -0.495 e. The molecule has 1 rings (SSSR count). The van der Waals surface area contributed by atoms with Crippen molar-refractivity contribution in [3.63, 3.8) is 0 Å². The molecule has 0 saturated carbocycles. The normalized spacial score (nSPS) is 13.6. The lowest BCUT2D eigenvalue weighted by atomic mass is 10.1. The van der Waals surface area contributed by atoms with Gasteiger partial charge in [0.15, 0.2) is 0 Å². The monoisotopic (exact) mass is 279 g/mol. The molecule has 1 aromatic rings. The number of aromatic nitrogens is 1. The van der Waals surface area contributed by atoms with Crippen molar-refractivity contribution in [3.05, 3.63) is 24.0 Å². The Hall–Kier alpha value is -1.13. The van der Waals surface area contributed by atoms with Gasteiger partial charge in [-0.3, -0.25) is 9.88 Å². The van der Waals surface area contributed by atoms with E-state index >= 15 is 0 Å². The van der Waals surface area contributed by atoms with Gasteiger partial charge in [-0.2, -0.15) is 0 Å². The van der Waals surface area contributed by atoms with Crippen LogP contribution in [0.15, 0.2) is 18.5 Å². The van der Waals surface area contributed by atoms with Crippen LogP contribution in [0.25, 0.3) is 0 Å². The van der Waals surface area contributed by atoms with E-state index in [-0.39, 0.29) is 5.54 Å². The molecule has 0 amide bonds. The van der Waals surface area contributed by atoms with Gasteiger partial charge in [-0.25, -0.2) is 0 Å². The lowest BCUT2D eigenvalue weighted by Gasteiger charge is -2.30. The van der Waals surface area contributed by atoms with Crippen LogP contribution in [0, 0.1) is 0 Å². The van der Waals surface area contributed by atoms with Gasteiger partial charge < -0.3 is 10.1 Å². The molecule has 0 bridgehead atoms. The van der Waals surface area contributed by atoms with Crippen LogP contribution < -0.4 is 10.1 Å². The van der Waals surface area contributed by atoms with E-state index < -0.39 is 0 Å². The summed E-state index contributed by atoms with van der Waals surface area (Å²) in [7, 11) is 1.70. The maximum absolute atomic E-state index is 5.42. The Labute approximate surface area is 123 Å². The Bertz CT molecular complexity index is 401. The molecule has 114 valence electrons. The molecule has 0 aliphatic carbocycles. The van der Waals surface area contributed by atoms with Crippen LogP contribution in [0.5, 0.6) is 5.75 Å². The number of nitrogens with one attached hydrogen (secondary N) is 1. The van der Waals surface area contributed by atoms with Crippen molar-refractivity contribution in [2.75, 3.05) is 26.7 Å². The van der Waals surface area contributed by atoms with Gasteiger partial charge in [-0.1, -0.05) is 6.92 Å². The molecule has 0 aliphatic heterocycles. The third kappa shape index (κ3) is 5.10. The molecule has 0 aliphatic rings. The topological polar surface area (TPSA) is 37.4 Å². The fraction of sp³-hybridized carbons (Fsp3) is 0.688. The zero-order valence-corrected chi connectivity index (χ0v) is 13.7. The molecule has 1 N–H and O–H groups in total. The Morgan fingerprint density at radius 2 is 2.10 bits per heavy atom. The first kappa shape index (κ1) is 16.9.